The van der Waals surface area contributed by atoms with E-state index in [1.165, 1.54) is 4.88 Å². The van der Waals surface area contributed by atoms with E-state index in [0.717, 1.165) is 23.7 Å². The van der Waals surface area contributed by atoms with Crippen LogP contribution in [0.1, 0.15) is 15.2 Å². The van der Waals surface area contributed by atoms with Gasteiger partial charge in [-0.1, -0.05) is 12.1 Å². The van der Waals surface area contributed by atoms with Crippen molar-refractivity contribution in [2.45, 2.75) is 6.42 Å². The third-order valence-corrected chi connectivity index (χ3v) is 4.25. The first-order valence-corrected chi connectivity index (χ1v) is 7.47. The number of hydrogen-bond acceptors (Lipinski definition) is 5. The summed E-state index contributed by atoms with van der Waals surface area (Å²) in [6.07, 6.45) is 0.856. The summed E-state index contributed by atoms with van der Waals surface area (Å²) in [7, 11) is 0. The van der Waals surface area contributed by atoms with Gasteiger partial charge >= 0.3 is 0 Å². The number of nitrogens with one attached hydrogen (secondary N) is 1. The van der Waals surface area contributed by atoms with E-state index in [0.29, 0.717) is 17.6 Å². The highest BCUT2D eigenvalue weighted by Gasteiger charge is 2.11. The zero-order chi connectivity index (χ0) is 13.1. The van der Waals surface area contributed by atoms with Crippen LogP contribution in [0.4, 0.5) is 0 Å². The fourth-order valence-electron chi connectivity index (χ4n) is 1.84. The molecule has 0 aliphatic carbocycles. The Morgan fingerprint density at radius 3 is 3.00 bits per heavy atom. The van der Waals surface area contributed by atoms with Crippen LogP contribution in [-0.4, -0.2) is 21.2 Å². The average Bonchev–Trinajstić information content (AvgIpc) is 3.08. The van der Waals surface area contributed by atoms with Gasteiger partial charge in [0.25, 0.3) is 5.91 Å². The minimum atomic E-state index is -0.0881. The number of thiophene rings is 1. The van der Waals surface area contributed by atoms with E-state index in [-0.39, 0.29) is 5.91 Å². The van der Waals surface area contributed by atoms with E-state index in [2.05, 4.69) is 20.1 Å². The van der Waals surface area contributed by atoms with Crippen molar-refractivity contribution in [3.05, 3.63) is 46.2 Å². The SMILES string of the molecule is O=C(NCCc1cccs1)c1cccc2nsnc12. The molecule has 0 aliphatic rings. The van der Waals surface area contributed by atoms with Gasteiger partial charge in [0, 0.05) is 11.4 Å². The zero-order valence-corrected chi connectivity index (χ0v) is 11.6. The lowest BCUT2D eigenvalue weighted by atomic mass is 10.1. The molecule has 0 aliphatic heterocycles. The Kier molecular flexibility index (Phi) is 3.52. The second-order valence-corrected chi connectivity index (χ2v) is 5.58. The molecule has 2 heterocycles. The minimum Gasteiger partial charge on any atom is -0.352 e. The standard InChI is InChI=1S/C13H11N3OS2/c17-13(14-7-6-9-3-2-8-18-9)10-4-1-5-11-12(10)16-19-15-11/h1-5,8H,6-7H2,(H,14,17). The number of hydrogen-bond donors (Lipinski definition) is 1. The Hall–Kier alpha value is -1.79. The second kappa shape index (κ2) is 5.46. The second-order valence-electron chi connectivity index (χ2n) is 4.02. The maximum atomic E-state index is 12.1. The molecule has 0 unspecified atom stereocenters. The van der Waals surface area contributed by atoms with E-state index >= 15 is 0 Å². The first-order valence-electron chi connectivity index (χ1n) is 5.86. The Morgan fingerprint density at radius 2 is 2.16 bits per heavy atom. The number of aromatic nitrogens is 2. The summed E-state index contributed by atoms with van der Waals surface area (Å²) in [5.74, 6) is -0.0881. The first kappa shape index (κ1) is 12.3. The van der Waals surface area contributed by atoms with Crippen LogP contribution in [0.25, 0.3) is 11.0 Å². The van der Waals surface area contributed by atoms with Gasteiger partial charge < -0.3 is 5.32 Å². The average molecular weight is 289 g/mol. The molecule has 4 nitrogen and oxygen atoms in total. The Balaban J connectivity index is 1.68. The number of amides is 1. The third-order valence-electron chi connectivity index (χ3n) is 2.77. The van der Waals surface area contributed by atoms with Crippen LogP contribution in [0.15, 0.2) is 35.7 Å². The number of carbonyl (C=O) groups is 1. The van der Waals surface area contributed by atoms with Crippen molar-refractivity contribution in [1.82, 2.24) is 14.1 Å². The van der Waals surface area contributed by atoms with Crippen molar-refractivity contribution in [1.29, 1.82) is 0 Å². The summed E-state index contributed by atoms with van der Waals surface area (Å²) in [5, 5.41) is 4.96. The zero-order valence-electron chi connectivity index (χ0n) is 10.00. The normalized spacial score (nSPS) is 10.7. The Bertz CT molecular complexity index is 691. The van der Waals surface area contributed by atoms with Gasteiger partial charge in [0.1, 0.15) is 11.0 Å². The lowest BCUT2D eigenvalue weighted by molar-refractivity contribution is 0.0955. The molecular weight excluding hydrogens is 278 g/mol. The Morgan fingerprint density at radius 1 is 1.21 bits per heavy atom. The third kappa shape index (κ3) is 2.64. The molecule has 0 atom stereocenters. The topological polar surface area (TPSA) is 54.9 Å². The van der Waals surface area contributed by atoms with Crippen LogP contribution in [0.5, 0.6) is 0 Å². The molecule has 1 amide bonds. The fraction of sp³-hybridized carbons (Fsp3) is 0.154. The number of fused-ring (bicyclic) bond motifs is 1. The van der Waals surface area contributed by atoms with Crippen LogP contribution < -0.4 is 5.32 Å². The molecule has 3 rings (SSSR count). The summed E-state index contributed by atoms with van der Waals surface area (Å²) in [6.45, 7) is 0.632. The van der Waals surface area contributed by atoms with Gasteiger partial charge in [-0.15, -0.1) is 11.3 Å². The molecule has 1 aromatic carbocycles. The van der Waals surface area contributed by atoms with E-state index in [9.17, 15) is 4.79 Å². The van der Waals surface area contributed by atoms with E-state index in [1.54, 1.807) is 17.4 Å². The van der Waals surface area contributed by atoms with Crippen LogP contribution in [0.3, 0.4) is 0 Å². The summed E-state index contributed by atoms with van der Waals surface area (Å²) in [5.41, 5.74) is 2.05. The van der Waals surface area contributed by atoms with Crippen LogP contribution in [0, 0.1) is 0 Å². The molecule has 2 aromatic heterocycles. The quantitative estimate of drug-likeness (QED) is 0.803. The van der Waals surface area contributed by atoms with Gasteiger partial charge in [-0.25, -0.2) is 0 Å². The number of rotatable bonds is 4. The molecule has 1 N–H and O–H groups in total. The van der Waals surface area contributed by atoms with Gasteiger partial charge in [-0.05, 0) is 30.0 Å². The van der Waals surface area contributed by atoms with Gasteiger partial charge in [0.05, 0.1) is 17.3 Å². The summed E-state index contributed by atoms with van der Waals surface area (Å²) >= 11 is 2.83. The molecule has 0 bridgehead atoms. The highest BCUT2D eigenvalue weighted by atomic mass is 32.1. The van der Waals surface area contributed by atoms with E-state index in [4.69, 9.17) is 0 Å². The summed E-state index contributed by atoms with van der Waals surface area (Å²) < 4.78 is 8.30. The largest absolute Gasteiger partial charge is 0.352 e. The number of nitrogens with zero attached hydrogens (tertiary/aromatic N) is 2. The van der Waals surface area contributed by atoms with Gasteiger partial charge in [0.2, 0.25) is 0 Å². The molecule has 96 valence electrons. The van der Waals surface area contributed by atoms with E-state index in [1.807, 2.05) is 23.6 Å². The van der Waals surface area contributed by atoms with E-state index < -0.39 is 0 Å². The number of benzene rings is 1. The molecule has 19 heavy (non-hydrogen) atoms. The molecular formula is C13H11N3OS2. The van der Waals surface area contributed by atoms with Crippen molar-refractivity contribution in [2.75, 3.05) is 6.54 Å². The molecule has 0 saturated carbocycles. The highest BCUT2D eigenvalue weighted by molar-refractivity contribution is 7.09. The van der Waals surface area contributed by atoms with Crippen molar-refractivity contribution in [2.24, 2.45) is 0 Å². The predicted octanol–water partition coefficient (Wildman–Crippen LogP) is 2.73. The van der Waals surface area contributed by atoms with Crippen LogP contribution >= 0.6 is 23.1 Å². The minimum absolute atomic E-state index is 0.0881. The fourth-order valence-corrected chi connectivity index (χ4v) is 3.10. The van der Waals surface area contributed by atoms with Gasteiger partial charge in [-0.3, -0.25) is 4.79 Å². The highest BCUT2D eigenvalue weighted by Crippen LogP contribution is 2.16. The maximum absolute atomic E-state index is 12.1. The van der Waals surface area contributed by atoms with Gasteiger partial charge in [-0.2, -0.15) is 8.75 Å². The monoisotopic (exact) mass is 289 g/mol. The first-order chi connectivity index (χ1) is 9.34. The maximum Gasteiger partial charge on any atom is 0.253 e. The predicted molar refractivity (Wildman–Crippen MR) is 77.8 cm³/mol. The molecule has 6 heteroatoms. The Labute approximate surface area is 118 Å². The van der Waals surface area contributed by atoms with Crippen molar-refractivity contribution >= 4 is 40.0 Å². The lowest BCUT2D eigenvalue weighted by Gasteiger charge is -2.04. The van der Waals surface area contributed by atoms with Gasteiger partial charge in [0.15, 0.2) is 0 Å². The van der Waals surface area contributed by atoms with Crippen molar-refractivity contribution < 1.29 is 4.79 Å². The van der Waals surface area contributed by atoms with Crippen molar-refractivity contribution in [3.63, 3.8) is 0 Å². The molecule has 0 fully saturated rings. The number of carbonyl (C=O) groups excluding carboxylic acids is 1. The molecule has 0 saturated heterocycles. The van der Waals surface area contributed by atoms with Crippen LogP contribution in [0.2, 0.25) is 0 Å². The summed E-state index contributed by atoms with van der Waals surface area (Å²) in [6, 6.07) is 9.56. The molecule has 3 aromatic rings. The van der Waals surface area contributed by atoms with Crippen molar-refractivity contribution in [3.8, 4) is 0 Å². The molecule has 0 radical (unpaired) electrons. The molecule has 0 spiro atoms. The van der Waals surface area contributed by atoms with Crippen LogP contribution in [-0.2, 0) is 6.42 Å². The smallest absolute Gasteiger partial charge is 0.253 e. The summed E-state index contributed by atoms with van der Waals surface area (Å²) in [4.78, 5) is 13.4. The lowest BCUT2D eigenvalue weighted by Crippen LogP contribution is -2.25.